The van der Waals surface area contributed by atoms with Gasteiger partial charge in [-0.3, -0.25) is 4.79 Å². The number of thioether (sulfide) groups is 1. The number of hydrogen-bond acceptors (Lipinski definition) is 4. The molecule has 0 bridgehead atoms. The molecule has 1 heterocycles. The minimum absolute atomic E-state index is 0.202. The summed E-state index contributed by atoms with van der Waals surface area (Å²) < 4.78 is 13.9. The van der Waals surface area contributed by atoms with Crippen LogP contribution in [0.2, 0.25) is 0 Å². The van der Waals surface area contributed by atoms with Crippen molar-refractivity contribution >= 4 is 23.6 Å². The predicted molar refractivity (Wildman–Crippen MR) is 74.6 cm³/mol. The van der Waals surface area contributed by atoms with Crippen LogP contribution in [0.1, 0.15) is 23.2 Å². The molecule has 1 aliphatic heterocycles. The number of phenols is 1. The van der Waals surface area contributed by atoms with Crippen molar-refractivity contribution in [3.05, 3.63) is 29.6 Å². The smallest absolute Gasteiger partial charge is 0.327 e. The van der Waals surface area contributed by atoms with Crippen LogP contribution in [0.5, 0.6) is 5.75 Å². The van der Waals surface area contributed by atoms with Crippen molar-refractivity contribution in [1.29, 1.82) is 0 Å². The molecular formula is C14H14FNO4S. The van der Waals surface area contributed by atoms with E-state index < -0.39 is 23.7 Å². The highest BCUT2D eigenvalue weighted by Gasteiger charge is 2.48. The van der Waals surface area contributed by atoms with Crippen molar-refractivity contribution in [2.45, 2.75) is 24.3 Å². The summed E-state index contributed by atoms with van der Waals surface area (Å²) >= 11 is 1.44. The van der Waals surface area contributed by atoms with Crippen molar-refractivity contribution in [2.75, 3.05) is 5.75 Å². The maximum atomic E-state index is 13.9. The normalized spacial score (nSPS) is 25.1. The van der Waals surface area contributed by atoms with E-state index in [2.05, 4.69) is 0 Å². The zero-order valence-electron chi connectivity index (χ0n) is 11.0. The molecule has 21 heavy (non-hydrogen) atoms. The van der Waals surface area contributed by atoms with Gasteiger partial charge in [0, 0.05) is 11.8 Å². The van der Waals surface area contributed by atoms with Gasteiger partial charge < -0.3 is 15.1 Å². The van der Waals surface area contributed by atoms with Crippen LogP contribution in [-0.2, 0) is 4.79 Å². The van der Waals surface area contributed by atoms with E-state index >= 15 is 0 Å². The zero-order chi connectivity index (χ0) is 15.1. The van der Waals surface area contributed by atoms with Crippen molar-refractivity contribution in [3.63, 3.8) is 0 Å². The number of benzene rings is 1. The molecule has 1 aromatic rings. The molecular weight excluding hydrogens is 297 g/mol. The van der Waals surface area contributed by atoms with Gasteiger partial charge in [-0.05, 0) is 30.9 Å². The second kappa shape index (κ2) is 5.22. The Bertz CT molecular complexity index is 605. The van der Waals surface area contributed by atoms with Gasteiger partial charge in [0.1, 0.15) is 17.6 Å². The first-order chi connectivity index (χ1) is 9.99. The Balaban J connectivity index is 1.93. The van der Waals surface area contributed by atoms with Gasteiger partial charge in [-0.1, -0.05) is 0 Å². The summed E-state index contributed by atoms with van der Waals surface area (Å²) in [5.41, 5.74) is -0.202. The molecule has 0 radical (unpaired) electrons. The van der Waals surface area contributed by atoms with Crippen LogP contribution in [0, 0.1) is 11.7 Å². The molecule has 1 aromatic carbocycles. The third-order valence-corrected chi connectivity index (χ3v) is 5.22. The Morgan fingerprint density at radius 2 is 2.05 bits per heavy atom. The Hall–Kier alpha value is -1.76. The molecule has 5 nitrogen and oxygen atoms in total. The number of halogens is 1. The first kappa shape index (κ1) is 14.2. The van der Waals surface area contributed by atoms with E-state index in [0.29, 0.717) is 11.7 Å². The van der Waals surface area contributed by atoms with E-state index in [1.54, 1.807) is 0 Å². The summed E-state index contributed by atoms with van der Waals surface area (Å²) in [7, 11) is 0. The first-order valence-electron chi connectivity index (χ1n) is 6.64. The summed E-state index contributed by atoms with van der Waals surface area (Å²) in [6.07, 6.45) is 1.93. The van der Waals surface area contributed by atoms with Crippen LogP contribution in [0.15, 0.2) is 18.2 Å². The molecule has 7 heteroatoms. The number of nitrogens with zero attached hydrogens (tertiary/aromatic N) is 1. The van der Waals surface area contributed by atoms with Crippen LogP contribution < -0.4 is 0 Å². The maximum Gasteiger partial charge on any atom is 0.327 e. The quantitative estimate of drug-likeness (QED) is 0.891. The lowest BCUT2D eigenvalue weighted by Crippen LogP contribution is -2.46. The molecule has 112 valence electrons. The first-order valence-corrected chi connectivity index (χ1v) is 7.69. The minimum atomic E-state index is -1.07. The number of carbonyl (C=O) groups is 2. The van der Waals surface area contributed by atoms with Crippen LogP contribution in [0.3, 0.4) is 0 Å². The van der Waals surface area contributed by atoms with Crippen LogP contribution >= 0.6 is 11.8 Å². The zero-order valence-corrected chi connectivity index (χ0v) is 11.8. The van der Waals surface area contributed by atoms with Gasteiger partial charge in [-0.2, -0.15) is 0 Å². The number of phenolic OH excluding ortho intramolecular Hbond substituents is 1. The van der Waals surface area contributed by atoms with Crippen LogP contribution in [0.4, 0.5) is 4.39 Å². The number of amides is 1. The molecule has 2 aliphatic rings. The average molecular weight is 311 g/mol. The number of rotatable bonds is 3. The Kier molecular flexibility index (Phi) is 3.52. The van der Waals surface area contributed by atoms with E-state index in [1.165, 1.54) is 28.8 Å². The van der Waals surface area contributed by atoms with Gasteiger partial charge in [-0.25, -0.2) is 9.18 Å². The van der Waals surface area contributed by atoms with Gasteiger partial charge in [0.05, 0.1) is 10.9 Å². The lowest BCUT2D eigenvalue weighted by Gasteiger charge is -2.27. The highest BCUT2D eigenvalue weighted by Crippen LogP contribution is 2.46. The minimum Gasteiger partial charge on any atom is -0.508 e. The van der Waals surface area contributed by atoms with Gasteiger partial charge >= 0.3 is 5.97 Å². The van der Waals surface area contributed by atoms with Crippen molar-refractivity contribution in [2.24, 2.45) is 5.92 Å². The second-order valence-corrected chi connectivity index (χ2v) is 6.44. The molecule has 1 saturated heterocycles. The molecule has 1 saturated carbocycles. The molecule has 0 aromatic heterocycles. The molecule has 2 atom stereocenters. The summed E-state index contributed by atoms with van der Waals surface area (Å²) in [5.74, 6) is -2.19. The molecule has 2 N–H and O–H groups in total. The lowest BCUT2D eigenvalue weighted by molar-refractivity contribution is -0.141. The highest BCUT2D eigenvalue weighted by atomic mass is 32.2. The summed E-state index contributed by atoms with van der Waals surface area (Å²) in [6.45, 7) is 0. The van der Waals surface area contributed by atoms with Crippen molar-refractivity contribution in [3.8, 4) is 5.75 Å². The fraction of sp³-hybridized carbons (Fsp3) is 0.429. The average Bonchev–Trinajstić information content (AvgIpc) is 3.16. The maximum absolute atomic E-state index is 13.9. The van der Waals surface area contributed by atoms with Crippen LogP contribution in [-0.4, -0.2) is 44.2 Å². The third kappa shape index (κ3) is 2.57. The molecule has 1 amide bonds. The van der Waals surface area contributed by atoms with E-state index in [9.17, 15) is 24.2 Å². The number of carboxylic acids is 1. The standard InChI is InChI=1S/C14H14FNO4S/c15-10-5-8(17)3-4-9(10)12(18)16-11(14(19)20)6-21-13(16)7-1-2-7/h3-5,7,11,13,17H,1-2,6H2,(H,19,20). The molecule has 0 spiro atoms. The van der Waals surface area contributed by atoms with E-state index in [0.717, 1.165) is 18.9 Å². The van der Waals surface area contributed by atoms with Crippen molar-refractivity contribution in [1.82, 2.24) is 4.90 Å². The monoisotopic (exact) mass is 311 g/mol. The number of hydrogen-bond donors (Lipinski definition) is 2. The van der Waals surface area contributed by atoms with Gasteiger partial charge in [-0.15, -0.1) is 11.8 Å². The molecule has 1 aliphatic carbocycles. The number of aliphatic carboxylic acids is 1. The molecule has 2 fully saturated rings. The van der Waals surface area contributed by atoms with Crippen LogP contribution in [0.25, 0.3) is 0 Å². The molecule has 2 unspecified atom stereocenters. The second-order valence-electron chi connectivity index (χ2n) is 5.29. The van der Waals surface area contributed by atoms with Gasteiger partial charge in [0.15, 0.2) is 0 Å². The number of aromatic hydroxyl groups is 1. The lowest BCUT2D eigenvalue weighted by atomic mass is 10.1. The van der Waals surface area contributed by atoms with E-state index in [1.807, 2.05) is 0 Å². The highest BCUT2D eigenvalue weighted by molar-refractivity contribution is 8.00. The van der Waals surface area contributed by atoms with E-state index in [4.69, 9.17) is 0 Å². The fourth-order valence-corrected chi connectivity index (χ4v) is 4.17. The topological polar surface area (TPSA) is 77.8 Å². The Labute approximate surface area is 124 Å². The van der Waals surface area contributed by atoms with Gasteiger partial charge in [0.25, 0.3) is 5.91 Å². The fourth-order valence-electron chi connectivity index (χ4n) is 2.54. The van der Waals surface area contributed by atoms with Gasteiger partial charge in [0.2, 0.25) is 0 Å². The summed E-state index contributed by atoms with van der Waals surface area (Å²) in [6, 6.07) is 2.35. The summed E-state index contributed by atoms with van der Waals surface area (Å²) in [5, 5.41) is 18.3. The number of carbonyl (C=O) groups excluding carboxylic acids is 1. The SMILES string of the molecule is O=C(O)C1CSC(C2CC2)N1C(=O)c1ccc(O)cc1F. The van der Waals surface area contributed by atoms with E-state index in [-0.39, 0.29) is 16.7 Å². The third-order valence-electron chi connectivity index (χ3n) is 3.76. The Morgan fingerprint density at radius 3 is 2.62 bits per heavy atom. The molecule has 3 rings (SSSR count). The summed E-state index contributed by atoms with van der Waals surface area (Å²) in [4.78, 5) is 25.2. The Morgan fingerprint density at radius 1 is 1.33 bits per heavy atom. The largest absolute Gasteiger partial charge is 0.508 e. The van der Waals surface area contributed by atoms with Crippen molar-refractivity contribution < 1.29 is 24.2 Å². The predicted octanol–water partition coefficient (Wildman–Crippen LogP) is 1.91. The number of carboxylic acid groups (broad SMARTS) is 1.